The molecule has 0 bridgehead atoms. The van der Waals surface area contributed by atoms with E-state index in [-0.39, 0.29) is 10.8 Å². The lowest BCUT2D eigenvalue weighted by Crippen LogP contribution is -2.33. The average Bonchev–Trinajstić information content (AvgIpc) is 2.23. The minimum atomic E-state index is -0.00813. The number of nitrogen functional groups attached to an aromatic ring is 1. The summed E-state index contributed by atoms with van der Waals surface area (Å²) in [7, 11) is 0. The molecule has 0 aliphatic heterocycles. The van der Waals surface area contributed by atoms with Crippen LogP contribution in [0.3, 0.4) is 0 Å². The van der Waals surface area contributed by atoms with Gasteiger partial charge in [0, 0.05) is 5.54 Å². The highest BCUT2D eigenvalue weighted by atomic mass is 35.5. The van der Waals surface area contributed by atoms with Crippen molar-refractivity contribution in [2.75, 3.05) is 11.1 Å². The van der Waals surface area contributed by atoms with Crippen molar-refractivity contribution >= 4 is 23.1 Å². The van der Waals surface area contributed by atoms with Gasteiger partial charge in [0.15, 0.2) is 5.82 Å². The quantitative estimate of drug-likeness (QED) is 0.778. The number of nitrogens with zero attached hydrogens (tertiary/aromatic N) is 2. The number of hydrogen-bond donors (Lipinski definition) is 2. The Labute approximate surface area is 95.3 Å². The second-order valence-corrected chi connectivity index (χ2v) is 4.17. The number of halogens is 1. The molecule has 84 valence electrons. The highest BCUT2D eigenvalue weighted by molar-refractivity contribution is 6.28. The van der Waals surface area contributed by atoms with Gasteiger partial charge in [-0.2, -0.15) is 4.98 Å². The van der Waals surface area contributed by atoms with Crippen molar-refractivity contribution in [1.29, 1.82) is 0 Å². The highest BCUT2D eigenvalue weighted by Gasteiger charge is 2.20. The van der Waals surface area contributed by atoms with Crippen molar-refractivity contribution in [3.63, 3.8) is 0 Å². The average molecular weight is 229 g/mol. The van der Waals surface area contributed by atoms with E-state index < -0.39 is 0 Å². The maximum atomic E-state index is 5.76. The zero-order chi connectivity index (χ0) is 11.5. The molecule has 1 rings (SSSR count). The van der Waals surface area contributed by atoms with Crippen LogP contribution in [-0.4, -0.2) is 15.5 Å². The van der Waals surface area contributed by atoms with E-state index in [4.69, 9.17) is 17.3 Å². The molecule has 0 spiro atoms. The molecule has 0 aliphatic carbocycles. The zero-order valence-electron chi connectivity index (χ0n) is 9.34. The molecule has 5 heteroatoms. The molecule has 0 saturated heterocycles. The molecule has 0 radical (unpaired) electrons. The SMILES string of the molecule is CCC(C)(CC)Nc1nc(Cl)ncc1N. The maximum absolute atomic E-state index is 5.76. The van der Waals surface area contributed by atoms with Crippen molar-refractivity contribution in [1.82, 2.24) is 9.97 Å². The van der Waals surface area contributed by atoms with Crippen LogP contribution in [0, 0.1) is 0 Å². The van der Waals surface area contributed by atoms with Crippen LogP contribution in [0.25, 0.3) is 0 Å². The Hall–Kier alpha value is -1.03. The van der Waals surface area contributed by atoms with E-state index in [1.54, 1.807) is 0 Å². The first kappa shape index (κ1) is 12.0. The fourth-order valence-electron chi connectivity index (χ4n) is 1.18. The maximum Gasteiger partial charge on any atom is 0.224 e. The van der Waals surface area contributed by atoms with Crippen molar-refractivity contribution in [3.8, 4) is 0 Å². The lowest BCUT2D eigenvalue weighted by Gasteiger charge is -2.29. The molecule has 15 heavy (non-hydrogen) atoms. The smallest absolute Gasteiger partial charge is 0.224 e. The third-order valence-corrected chi connectivity index (χ3v) is 2.95. The summed E-state index contributed by atoms with van der Waals surface area (Å²) < 4.78 is 0. The molecule has 0 atom stereocenters. The number of aromatic nitrogens is 2. The molecule has 0 fully saturated rings. The Morgan fingerprint density at radius 2 is 2.07 bits per heavy atom. The van der Waals surface area contributed by atoms with Gasteiger partial charge in [0.25, 0.3) is 0 Å². The summed E-state index contributed by atoms with van der Waals surface area (Å²) >= 11 is 5.71. The molecule has 0 unspecified atom stereocenters. The minimum absolute atomic E-state index is 0.00813. The standard InChI is InChI=1S/C10H17ClN4/c1-4-10(3,5-2)15-8-7(12)6-13-9(11)14-8/h6H,4-5,12H2,1-3H3,(H,13,14,15). The van der Waals surface area contributed by atoms with Gasteiger partial charge in [-0.1, -0.05) is 13.8 Å². The van der Waals surface area contributed by atoms with E-state index in [0.29, 0.717) is 11.5 Å². The number of nitrogens with one attached hydrogen (secondary N) is 1. The second kappa shape index (κ2) is 4.66. The highest BCUT2D eigenvalue weighted by Crippen LogP contribution is 2.24. The van der Waals surface area contributed by atoms with Crippen molar-refractivity contribution in [3.05, 3.63) is 11.5 Å². The van der Waals surface area contributed by atoms with E-state index in [1.165, 1.54) is 6.20 Å². The first-order chi connectivity index (χ1) is 7.00. The Bertz CT molecular complexity index is 336. The van der Waals surface area contributed by atoms with Gasteiger partial charge in [0.05, 0.1) is 11.9 Å². The zero-order valence-corrected chi connectivity index (χ0v) is 10.1. The first-order valence-corrected chi connectivity index (χ1v) is 5.44. The van der Waals surface area contributed by atoms with Gasteiger partial charge in [0.2, 0.25) is 5.28 Å². The van der Waals surface area contributed by atoms with Gasteiger partial charge in [-0.25, -0.2) is 4.98 Å². The van der Waals surface area contributed by atoms with Crippen LogP contribution in [0.2, 0.25) is 5.28 Å². The normalized spacial score (nSPS) is 11.5. The van der Waals surface area contributed by atoms with Crippen LogP contribution in [0.15, 0.2) is 6.20 Å². The second-order valence-electron chi connectivity index (χ2n) is 3.84. The summed E-state index contributed by atoms with van der Waals surface area (Å²) in [6.45, 7) is 6.37. The summed E-state index contributed by atoms with van der Waals surface area (Å²) in [5.74, 6) is 0.612. The van der Waals surface area contributed by atoms with Gasteiger partial charge in [-0.05, 0) is 31.4 Å². The summed E-state index contributed by atoms with van der Waals surface area (Å²) in [4.78, 5) is 7.88. The predicted molar refractivity (Wildman–Crippen MR) is 64.1 cm³/mol. The van der Waals surface area contributed by atoms with Crippen LogP contribution < -0.4 is 11.1 Å². The van der Waals surface area contributed by atoms with Crippen LogP contribution >= 0.6 is 11.6 Å². The van der Waals surface area contributed by atoms with Crippen molar-refractivity contribution in [2.45, 2.75) is 39.2 Å². The molecule has 0 aliphatic rings. The molecule has 4 nitrogen and oxygen atoms in total. The van der Waals surface area contributed by atoms with Gasteiger partial charge < -0.3 is 11.1 Å². The molecule has 1 heterocycles. The largest absolute Gasteiger partial charge is 0.394 e. The van der Waals surface area contributed by atoms with Crippen molar-refractivity contribution < 1.29 is 0 Å². The van der Waals surface area contributed by atoms with Gasteiger partial charge in [0.1, 0.15) is 0 Å². The van der Waals surface area contributed by atoms with E-state index in [9.17, 15) is 0 Å². The van der Waals surface area contributed by atoms with Crippen LogP contribution in [0.4, 0.5) is 11.5 Å². The lowest BCUT2D eigenvalue weighted by atomic mass is 9.95. The summed E-state index contributed by atoms with van der Waals surface area (Å²) in [6.07, 6.45) is 3.50. The molecule has 1 aromatic rings. The topological polar surface area (TPSA) is 63.8 Å². The molecule has 3 N–H and O–H groups in total. The summed E-state index contributed by atoms with van der Waals surface area (Å²) in [5, 5.41) is 3.51. The van der Waals surface area contributed by atoms with Gasteiger partial charge in [-0.3, -0.25) is 0 Å². The first-order valence-electron chi connectivity index (χ1n) is 5.07. The molecular weight excluding hydrogens is 212 g/mol. The number of anilines is 2. The lowest BCUT2D eigenvalue weighted by molar-refractivity contribution is 0.477. The number of nitrogens with two attached hydrogens (primary N) is 1. The van der Waals surface area contributed by atoms with E-state index in [0.717, 1.165) is 12.8 Å². The van der Waals surface area contributed by atoms with Crippen molar-refractivity contribution in [2.24, 2.45) is 0 Å². The van der Waals surface area contributed by atoms with Gasteiger partial charge >= 0.3 is 0 Å². The van der Waals surface area contributed by atoms with Crippen LogP contribution in [-0.2, 0) is 0 Å². The van der Waals surface area contributed by atoms with E-state index in [1.807, 2.05) is 0 Å². The fraction of sp³-hybridized carbons (Fsp3) is 0.600. The monoisotopic (exact) mass is 228 g/mol. The predicted octanol–water partition coefficient (Wildman–Crippen LogP) is 2.70. The third-order valence-electron chi connectivity index (χ3n) is 2.77. The summed E-state index contributed by atoms with van der Waals surface area (Å²) in [6, 6.07) is 0. The van der Waals surface area contributed by atoms with Crippen LogP contribution in [0.5, 0.6) is 0 Å². The number of hydrogen-bond acceptors (Lipinski definition) is 4. The Morgan fingerprint density at radius 1 is 1.47 bits per heavy atom. The van der Waals surface area contributed by atoms with E-state index in [2.05, 4.69) is 36.1 Å². The number of rotatable bonds is 4. The summed E-state index contributed by atoms with van der Waals surface area (Å²) in [5.41, 5.74) is 6.27. The molecule has 1 aromatic heterocycles. The van der Waals surface area contributed by atoms with Gasteiger partial charge in [-0.15, -0.1) is 0 Å². The minimum Gasteiger partial charge on any atom is -0.394 e. The molecular formula is C10H17ClN4. The molecule has 0 saturated carbocycles. The molecule has 0 aromatic carbocycles. The third kappa shape index (κ3) is 2.96. The Kier molecular flexibility index (Phi) is 3.74. The van der Waals surface area contributed by atoms with Crippen LogP contribution in [0.1, 0.15) is 33.6 Å². The Morgan fingerprint density at radius 3 is 2.60 bits per heavy atom. The fourth-order valence-corrected chi connectivity index (χ4v) is 1.32. The Balaban J connectivity index is 2.92. The van der Waals surface area contributed by atoms with E-state index >= 15 is 0 Å². The molecule has 0 amide bonds.